The summed E-state index contributed by atoms with van der Waals surface area (Å²) < 4.78 is 31.0. The second kappa shape index (κ2) is 12.2. The lowest BCUT2D eigenvalue weighted by Crippen LogP contribution is -2.26. The number of benzene rings is 7. The number of allylic oxidation sites excluding steroid dienone is 4. The minimum absolute atomic E-state index is 0.206. The lowest BCUT2D eigenvalue weighted by molar-refractivity contribution is 0.618. The van der Waals surface area contributed by atoms with Gasteiger partial charge in [0.05, 0.1) is 11.1 Å². The predicted molar refractivity (Wildman–Crippen MR) is 223 cm³/mol. The molecule has 0 saturated heterocycles. The zero-order valence-corrected chi connectivity index (χ0v) is 30.7. The van der Waals surface area contributed by atoms with E-state index in [1.165, 1.54) is 34.4 Å². The van der Waals surface area contributed by atoms with E-state index in [-0.39, 0.29) is 17.0 Å². The molecule has 0 aliphatic heterocycles. The van der Waals surface area contributed by atoms with E-state index in [0.717, 1.165) is 67.1 Å². The largest absolute Gasteiger partial charge is 0.310 e. The third-order valence-corrected chi connectivity index (χ3v) is 12.0. The van der Waals surface area contributed by atoms with Crippen molar-refractivity contribution in [2.45, 2.75) is 24.7 Å². The van der Waals surface area contributed by atoms with Crippen molar-refractivity contribution in [3.8, 4) is 33.4 Å². The van der Waals surface area contributed by atoms with E-state index < -0.39 is 5.41 Å². The molecule has 7 aromatic rings. The van der Waals surface area contributed by atoms with Gasteiger partial charge in [-0.3, -0.25) is 0 Å². The van der Waals surface area contributed by atoms with Crippen molar-refractivity contribution >= 4 is 17.1 Å². The summed E-state index contributed by atoms with van der Waals surface area (Å²) in [6.07, 6.45) is 7.87. The smallest absolute Gasteiger partial charge is 0.123 e. The van der Waals surface area contributed by atoms with Crippen LogP contribution in [0.5, 0.6) is 0 Å². The zero-order valence-electron chi connectivity index (χ0n) is 30.7. The fraction of sp³-hybridized carbons (Fsp3) is 0.0769. The molecule has 7 aromatic carbocycles. The Labute approximate surface area is 320 Å². The van der Waals surface area contributed by atoms with Gasteiger partial charge in [-0.05, 0) is 127 Å². The summed E-state index contributed by atoms with van der Waals surface area (Å²) in [6, 6.07) is 50.9. The van der Waals surface area contributed by atoms with Crippen LogP contribution in [0.3, 0.4) is 0 Å². The van der Waals surface area contributed by atoms with Crippen LogP contribution in [0.2, 0.25) is 0 Å². The monoisotopic (exact) mass is 713 g/mol. The molecule has 0 amide bonds. The van der Waals surface area contributed by atoms with Gasteiger partial charge in [0.15, 0.2) is 0 Å². The van der Waals surface area contributed by atoms with E-state index in [4.69, 9.17) is 0 Å². The van der Waals surface area contributed by atoms with Crippen LogP contribution in [0.15, 0.2) is 183 Å². The van der Waals surface area contributed by atoms with E-state index in [2.05, 4.69) is 128 Å². The van der Waals surface area contributed by atoms with Crippen LogP contribution in [-0.2, 0) is 10.8 Å². The Hall–Kier alpha value is -6.58. The van der Waals surface area contributed by atoms with Crippen LogP contribution in [-0.4, -0.2) is 0 Å². The highest BCUT2D eigenvalue weighted by Gasteiger charge is 2.52. The minimum Gasteiger partial charge on any atom is -0.310 e. The first-order chi connectivity index (χ1) is 26.8. The van der Waals surface area contributed by atoms with Gasteiger partial charge in [-0.25, -0.2) is 8.78 Å². The molecule has 0 radical (unpaired) electrons. The maximum absolute atomic E-state index is 15.5. The highest BCUT2D eigenvalue weighted by Crippen LogP contribution is 2.63. The molecule has 0 heterocycles. The number of fused-ring (bicyclic) bond motifs is 13. The maximum Gasteiger partial charge on any atom is 0.123 e. The fourth-order valence-corrected chi connectivity index (χ4v) is 9.65. The quantitative estimate of drug-likeness (QED) is 0.155. The SMILES string of the molecule is C=C/C=C\C=C(/c1ccccc1)N(c1ccc2c(c1)C(C)(C)c1ccccc1-2)c1ccc2c(c1)C1(c3ccccc3-2)c2cc(F)ccc2-c2ccc(F)cc21. The molecule has 0 N–H and O–H groups in total. The Morgan fingerprint density at radius 2 is 0.964 bits per heavy atom. The number of rotatable bonds is 6. The molecule has 0 bridgehead atoms. The maximum atomic E-state index is 15.5. The molecule has 0 aromatic heterocycles. The molecule has 0 saturated carbocycles. The van der Waals surface area contributed by atoms with Gasteiger partial charge in [-0.2, -0.15) is 0 Å². The summed E-state index contributed by atoms with van der Waals surface area (Å²) in [5.41, 5.74) is 15.5. The van der Waals surface area contributed by atoms with Crippen molar-refractivity contribution in [3.05, 3.63) is 233 Å². The zero-order chi connectivity index (χ0) is 37.5. The van der Waals surface area contributed by atoms with Gasteiger partial charge < -0.3 is 4.90 Å². The molecule has 264 valence electrons. The number of hydrogen-bond acceptors (Lipinski definition) is 1. The molecule has 1 spiro atoms. The summed E-state index contributed by atoms with van der Waals surface area (Å²) >= 11 is 0. The van der Waals surface area contributed by atoms with E-state index in [1.54, 1.807) is 18.2 Å². The van der Waals surface area contributed by atoms with Crippen LogP contribution >= 0.6 is 0 Å². The standard InChI is InChI=1S/C52H37F2N/c1-4-5-7-20-50(33-14-8-6-9-15-33)55(36-23-27-40-38-16-10-12-18-44(38)51(2,3)46(40)31-36)37-24-28-43-39-17-11-13-19-45(39)52(49(43)32-37)47-29-34(53)21-25-41(47)42-26-22-35(54)30-48(42)52/h4-32H,1H2,2-3H3/b7-5-,50-20+. The Kier molecular flexibility index (Phi) is 7.34. The first-order valence-corrected chi connectivity index (χ1v) is 18.8. The van der Waals surface area contributed by atoms with E-state index in [0.29, 0.717) is 0 Å². The van der Waals surface area contributed by atoms with Crippen molar-refractivity contribution < 1.29 is 8.78 Å². The Morgan fingerprint density at radius 1 is 0.491 bits per heavy atom. The fourth-order valence-electron chi connectivity index (χ4n) is 9.65. The molecule has 3 aliphatic carbocycles. The van der Waals surface area contributed by atoms with Gasteiger partial charge in [-0.15, -0.1) is 0 Å². The van der Waals surface area contributed by atoms with Crippen molar-refractivity contribution in [2.75, 3.05) is 4.90 Å². The Balaban J connectivity index is 1.27. The Bertz CT molecular complexity index is 2730. The lowest BCUT2D eigenvalue weighted by atomic mass is 9.70. The summed E-state index contributed by atoms with van der Waals surface area (Å²) in [5.74, 6) is -0.639. The first kappa shape index (κ1) is 33.0. The van der Waals surface area contributed by atoms with Gasteiger partial charge in [0.25, 0.3) is 0 Å². The molecular weight excluding hydrogens is 677 g/mol. The molecular formula is C52H37F2N. The van der Waals surface area contributed by atoms with E-state index in [9.17, 15) is 0 Å². The summed E-state index contributed by atoms with van der Waals surface area (Å²) in [5, 5.41) is 0. The van der Waals surface area contributed by atoms with Gasteiger partial charge in [0, 0.05) is 16.8 Å². The van der Waals surface area contributed by atoms with Gasteiger partial charge in [0.2, 0.25) is 0 Å². The van der Waals surface area contributed by atoms with Gasteiger partial charge >= 0.3 is 0 Å². The molecule has 10 rings (SSSR count). The molecule has 0 atom stereocenters. The van der Waals surface area contributed by atoms with Crippen LogP contribution < -0.4 is 4.90 Å². The van der Waals surface area contributed by atoms with Gasteiger partial charge in [0.1, 0.15) is 11.6 Å². The normalized spacial score (nSPS) is 14.9. The molecule has 0 unspecified atom stereocenters. The second-order valence-corrected chi connectivity index (χ2v) is 15.2. The third kappa shape index (κ3) is 4.69. The lowest BCUT2D eigenvalue weighted by Gasteiger charge is -2.33. The van der Waals surface area contributed by atoms with Gasteiger partial charge in [-0.1, -0.05) is 142 Å². The second-order valence-electron chi connectivity index (χ2n) is 15.2. The van der Waals surface area contributed by atoms with Crippen molar-refractivity contribution in [1.82, 2.24) is 0 Å². The number of nitrogens with zero attached hydrogens (tertiary/aromatic N) is 1. The van der Waals surface area contributed by atoms with Crippen LogP contribution in [0, 0.1) is 11.6 Å². The van der Waals surface area contributed by atoms with Crippen LogP contribution in [0.25, 0.3) is 39.1 Å². The molecule has 55 heavy (non-hydrogen) atoms. The van der Waals surface area contributed by atoms with E-state index in [1.807, 2.05) is 42.5 Å². The van der Waals surface area contributed by atoms with Crippen molar-refractivity contribution in [1.29, 1.82) is 0 Å². The first-order valence-electron chi connectivity index (χ1n) is 18.8. The molecule has 3 aliphatic rings. The number of hydrogen-bond donors (Lipinski definition) is 0. The third-order valence-electron chi connectivity index (χ3n) is 12.0. The minimum atomic E-state index is -0.927. The molecule has 3 heteroatoms. The average Bonchev–Trinajstić information content (AvgIpc) is 3.75. The number of anilines is 2. The van der Waals surface area contributed by atoms with Crippen molar-refractivity contribution in [3.63, 3.8) is 0 Å². The summed E-state index contributed by atoms with van der Waals surface area (Å²) in [6.45, 7) is 8.54. The summed E-state index contributed by atoms with van der Waals surface area (Å²) in [4.78, 5) is 2.33. The molecule has 0 fully saturated rings. The summed E-state index contributed by atoms with van der Waals surface area (Å²) in [7, 11) is 0. The topological polar surface area (TPSA) is 3.24 Å². The highest BCUT2D eigenvalue weighted by molar-refractivity contribution is 5.98. The van der Waals surface area contributed by atoms with Crippen LogP contribution in [0.4, 0.5) is 20.2 Å². The molecule has 1 nitrogen and oxygen atoms in total. The number of halogens is 2. The predicted octanol–water partition coefficient (Wildman–Crippen LogP) is 13.5. The Morgan fingerprint density at radius 3 is 1.58 bits per heavy atom. The average molecular weight is 714 g/mol. The highest BCUT2D eigenvalue weighted by atomic mass is 19.1. The van der Waals surface area contributed by atoms with Crippen LogP contribution in [0.1, 0.15) is 52.8 Å². The van der Waals surface area contributed by atoms with E-state index >= 15 is 8.78 Å². The van der Waals surface area contributed by atoms with Crippen molar-refractivity contribution in [2.24, 2.45) is 0 Å².